The molecule has 0 aromatic carbocycles. The maximum absolute atomic E-state index is 13.5. The van der Waals surface area contributed by atoms with Crippen molar-refractivity contribution < 1.29 is 13.6 Å². The van der Waals surface area contributed by atoms with E-state index in [1.807, 2.05) is 6.92 Å². The molecule has 0 amide bonds. The third kappa shape index (κ3) is 10.6. The van der Waals surface area contributed by atoms with E-state index in [1.165, 1.54) is 12.2 Å². The van der Waals surface area contributed by atoms with E-state index in [0.717, 1.165) is 38.4 Å². The van der Waals surface area contributed by atoms with Crippen LogP contribution in [0.5, 0.6) is 0 Å². The highest BCUT2D eigenvalue weighted by Gasteiger charge is 2.05. The molecule has 0 saturated heterocycles. The van der Waals surface area contributed by atoms with Crippen LogP contribution in [-0.4, -0.2) is 6.29 Å². The normalized spacial score (nSPS) is 14.5. The van der Waals surface area contributed by atoms with E-state index in [2.05, 4.69) is 6.92 Å². The Bertz CT molecular complexity index is 295. The number of hydrogen-bond donors (Lipinski definition) is 0. The molecule has 0 bridgehead atoms. The van der Waals surface area contributed by atoms with Gasteiger partial charge in [-0.3, -0.25) is 0 Å². The lowest BCUT2D eigenvalue weighted by atomic mass is 10.0. The predicted octanol–water partition coefficient (Wildman–Crippen LogP) is 5.67. The Kier molecular flexibility index (Phi) is 11.4. The monoisotopic (exact) mass is 272 g/mol. The summed E-state index contributed by atoms with van der Waals surface area (Å²) in [6.07, 6.45) is 9.07. The zero-order valence-electron chi connectivity index (χ0n) is 12.1. The first-order chi connectivity index (χ1) is 9.13. The lowest BCUT2D eigenvalue weighted by Crippen LogP contribution is -1.98. The van der Waals surface area contributed by atoms with Crippen LogP contribution >= 0.6 is 0 Å². The van der Waals surface area contributed by atoms with Gasteiger partial charge < -0.3 is 4.79 Å². The summed E-state index contributed by atoms with van der Waals surface area (Å²) < 4.78 is 26.8. The van der Waals surface area contributed by atoms with Crippen LogP contribution in [-0.2, 0) is 4.79 Å². The molecule has 0 fully saturated rings. The van der Waals surface area contributed by atoms with Gasteiger partial charge in [-0.15, -0.1) is 0 Å². The van der Waals surface area contributed by atoms with Gasteiger partial charge in [0.2, 0.25) is 0 Å². The summed E-state index contributed by atoms with van der Waals surface area (Å²) in [5.41, 5.74) is 0. The van der Waals surface area contributed by atoms with Crippen LogP contribution in [0.15, 0.2) is 23.8 Å². The third-order valence-electron chi connectivity index (χ3n) is 3.00. The maximum atomic E-state index is 13.5. The molecule has 1 nitrogen and oxygen atoms in total. The number of carbonyl (C=O) groups excluding carboxylic acids is 1. The van der Waals surface area contributed by atoms with Crippen LogP contribution in [0.2, 0.25) is 0 Å². The first-order valence-electron chi connectivity index (χ1n) is 7.30. The van der Waals surface area contributed by atoms with Crippen LogP contribution in [0.3, 0.4) is 0 Å². The molecule has 110 valence electrons. The van der Waals surface area contributed by atoms with Gasteiger partial charge in [-0.1, -0.05) is 39.5 Å². The lowest BCUT2D eigenvalue weighted by Gasteiger charge is -2.03. The molecular formula is C16H26F2O. The highest BCUT2D eigenvalue weighted by molar-refractivity contribution is 5.56. The first kappa shape index (κ1) is 18.0. The Hall–Kier alpha value is -0.990. The zero-order chi connectivity index (χ0) is 14.5. The van der Waals surface area contributed by atoms with Gasteiger partial charge in [-0.25, -0.2) is 8.78 Å². The number of carbonyl (C=O) groups is 1. The summed E-state index contributed by atoms with van der Waals surface area (Å²) in [5.74, 6) is -1.05. The van der Waals surface area contributed by atoms with E-state index in [9.17, 15) is 13.6 Å². The van der Waals surface area contributed by atoms with E-state index < -0.39 is 5.83 Å². The first-order valence-corrected chi connectivity index (χ1v) is 7.30. The number of rotatable bonds is 11. The fourth-order valence-electron chi connectivity index (χ4n) is 1.78. The molecule has 0 rings (SSSR count). The van der Waals surface area contributed by atoms with Crippen molar-refractivity contribution in [1.82, 2.24) is 0 Å². The molecular weight excluding hydrogens is 246 g/mol. The van der Waals surface area contributed by atoms with E-state index in [4.69, 9.17) is 0 Å². The van der Waals surface area contributed by atoms with Gasteiger partial charge in [0.15, 0.2) is 0 Å². The highest BCUT2D eigenvalue weighted by Crippen LogP contribution is 2.17. The molecule has 1 atom stereocenters. The molecule has 0 saturated carbocycles. The summed E-state index contributed by atoms with van der Waals surface area (Å²) >= 11 is 0. The Morgan fingerprint density at radius 1 is 1.05 bits per heavy atom. The van der Waals surface area contributed by atoms with Crippen LogP contribution in [0.1, 0.15) is 65.2 Å². The summed E-state index contributed by atoms with van der Waals surface area (Å²) in [5, 5.41) is 0. The molecule has 3 heteroatoms. The Morgan fingerprint density at radius 2 is 1.74 bits per heavy atom. The zero-order valence-corrected chi connectivity index (χ0v) is 12.1. The third-order valence-corrected chi connectivity index (χ3v) is 3.00. The Balaban J connectivity index is 4.14. The Morgan fingerprint density at radius 3 is 2.32 bits per heavy atom. The number of unbranched alkanes of at least 4 members (excludes halogenated alkanes) is 3. The van der Waals surface area contributed by atoms with E-state index >= 15 is 0 Å². The number of halogens is 2. The fourth-order valence-corrected chi connectivity index (χ4v) is 1.78. The average Bonchev–Trinajstić information content (AvgIpc) is 2.41. The van der Waals surface area contributed by atoms with Crippen LogP contribution < -0.4 is 0 Å². The molecule has 0 radical (unpaired) electrons. The fraction of sp³-hybridized carbons (Fsp3) is 0.688. The number of hydrogen-bond acceptors (Lipinski definition) is 1. The van der Waals surface area contributed by atoms with Crippen molar-refractivity contribution in [3.05, 3.63) is 23.8 Å². The molecule has 0 aliphatic heterocycles. The average molecular weight is 272 g/mol. The molecule has 0 N–H and O–H groups in total. The van der Waals surface area contributed by atoms with Gasteiger partial charge in [0, 0.05) is 12.3 Å². The second kappa shape index (κ2) is 12.1. The van der Waals surface area contributed by atoms with Crippen molar-refractivity contribution in [1.29, 1.82) is 0 Å². The van der Waals surface area contributed by atoms with Crippen molar-refractivity contribution in [2.24, 2.45) is 5.92 Å². The van der Waals surface area contributed by atoms with E-state index in [-0.39, 0.29) is 18.2 Å². The molecule has 0 aliphatic rings. The summed E-state index contributed by atoms with van der Waals surface area (Å²) in [7, 11) is 0. The summed E-state index contributed by atoms with van der Waals surface area (Å²) in [4.78, 5) is 10.8. The van der Waals surface area contributed by atoms with Gasteiger partial charge in [0.1, 0.15) is 12.1 Å². The molecule has 0 aromatic heterocycles. The number of aldehydes is 1. The van der Waals surface area contributed by atoms with Gasteiger partial charge in [-0.05, 0) is 31.4 Å². The smallest absolute Gasteiger partial charge is 0.126 e. The van der Waals surface area contributed by atoms with Crippen molar-refractivity contribution in [2.75, 3.05) is 0 Å². The lowest BCUT2D eigenvalue weighted by molar-refractivity contribution is -0.110. The van der Waals surface area contributed by atoms with Crippen LogP contribution in [0.25, 0.3) is 0 Å². The topological polar surface area (TPSA) is 17.1 Å². The van der Waals surface area contributed by atoms with Crippen molar-refractivity contribution in [2.45, 2.75) is 65.2 Å². The summed E-state index contributed by atoms with van der Waals surface area (Å²) in [6.45, 7) is 4.08. The quantitative estimate of drug-likeness (QED) is 0.350. The van der Waals surface area contributed by atoms with Crippen molar-refractivity contribution in [3.8, 4) is 0 Å². The van der Waals surface area contributed by atoms with Crippen LogP contribution in [0, 0.1) is 5.92 Å². The summed E-state index contributed by atoms with van der Waals surface area (Å²) in [6, 6.07) is 0. The van der Waals surface area contributed by atoms with E-state index in [1.54, 1.807) is 0 Å². The maximum Gasteiger partial charge on any atom is 0.126 e. The van der Waals surface area contributed by atoms with Crippen molar-refractivity contribution in [3.63, 3.8) is 0 Å². The van der Waals surface area contributed by atoms with Crippen LogP contribution in [0.4, 0.5) is 8.78 Å². The standard InChI is InChI=1S/C16H26F2O/c1-3-5-7-9-15(17)10-11-16(18)12-14(13-19)8-6-4-2/h10,12-14H,3-9,11H2,1-2H3/b15-10-,16-12-. The molecule has 0 aromatic rings. The van der Waals surface area contributed by atoms with E-state index in [0.29, 0.717) is 12.8 Å². The number of allylic oxidation sites excluding steroid dienone is 4. The second-order valence-electron chi connectivity index (χ2n) is 4.87. The highest BCUT2D eigenvalue weighted by atomic mass is 19.1. The second-order valence-corrected chi connectivity index (χ2v) is 4.87. The SMILES string of the molecule is CCCCC/C(F)=C/C/C(F)=C/C(C=O)CCCC. The molecule has 1 unspecified atom stereocenters. The van der Waals surface area contributed by atoms with Gasteiger partial charge in [-0.2, -0.15) is 0 Å². The minimum Gasteiger partial charge on any atom is -0.303 e. The largest absolute Gasteiger partial charge is 0.303 e. The predicted molar refractivity (Wildman–Crippen MR) is 76.2 cm³/mol. The molecule has 19 heavy (non-hydrogen) atoms. The minimum atomic E-state index is -0.418. The van der Waals surface area contributed by atoms with Gasteiger partial charge in [0.05, 0.1) is 5.83 Å². The Labute approximate surface area is 115 Å². The molecule has 0 spiro atoms. The molecule has 0 aliphatic carbocycles. The van der Waals surface area contributed by atoms with Crippen molar-refractivity contribution >= 4 is 6.29 Å². The van der Waals surface area contributed by atoms with Gasteiger partial charge in [0.25, 0.3) is 0 Å². The van der Waals surface area contributed by atoms with Gasteiger partial charge >= 0.3 is 0 Å². The minimum absolute atomic E-state index is 0.0472. The molecule has 0 heterocycles.